The molecule has 6 nitrogen and oxygen atoms in total. The van der Waals surface area contributed by atoms with Crippen LogP contribution in [0.4, 0.5) is 10.1 Å². The molecule has 1 aromatic heterocycles. The maximum absolute atomic E-state index is 13.5. The maximum Gasteiger partial charge on any atom is 0.304 e. The van der Waals surface area contributed by atoms with E-state index in [0.717, 1.165) is 17.8 Å². The van der Waals surface area contributed by atoms with Crippen molar-refractivity contribution >= 4 is 22.9 Å². The van der Waals surface area contributed by atoms with Crippen molar-refractivity contribution in [3.63, 3.8) is 0 Å². The summed E-state index contributed by atoms with van der Waals surface area (Å²) in [6.45, 7) is 0.293. The summed E-state index contributed by atoms with van der Waals surface area (Å²) in [5, 5.41) is 12.3. The van der Waals surface area contributed by atoms with Gasteiger partial charge in [-0.1, -0.05) is 0 Å². The van der Waals surface area contributed by atoms with Gasteiger partial charge in [-0.2, -0.15) is 4.39 Å². The molecule has 0 N–H and O–H groups in total. The molecule has 0 saturated carbocycles. The highest BCUT2D eigenvalue weighted by molar-refractivity contribution is 7.07. The third kappa shape index (κ3) is 2.97. The highest BCUT2D eigenvalue weighted by atomic mass is 32.1. The Balaban J connectivity index is 2.16. The zero-order valence-electron chi connectivity index (χ0n) is 10.4. The van der Waals surface area contributed by atoms with E-state index >= 15 is 0 Å². The molecule has 0 aliphatic carbocycles. The minimum absolute atomic E-state index is 0.0610. The fraction of sp³-hybridized carbons (Fsp3) is 0.167. The number of rotatable bonds is 4. The second kappa shape index (κ2) is 5.74. The van der Waals surface area contributed by atoms with Crippen molar-refractivity contribution < 1.29 is 14.1 Å². The van der Waals surface area contributed by atoms with Crippen LogP contribution in [0.25, 0.3) is 0 Å². The second-order valence-corrected chi connectivity index (χ2v) is 4.78. The van der Waals surface area contributed by atoms with Gasteiger partial charge in [0.1, 0.15) is 0 Å². The van der Waals surface area contributed by atoms with E-state index in [-0.39, 0.29) is 5.56 Å². The number of nitro groups is 1. The standard InChI is InChI=1S/C12H10FN3O3S/c1-15(5-9-6-20-7-14-9)12(17)8-2-3-11(16(18)19)10(13)4-8/h2-4,6-7H,5H2,1H3. The Kier molecular flexibility index (Phi) is 4.04. The van der Waals surface area contributed by atoms with Crippen molar-refractivity contribution in [3.8, 4) is 0 Å². The van der Waals surface area contributed by atoms with Crippen molar-refractivity contribution in [1.29, 1.82) is 0 Å². The molecular weight excluding hydrogens is 285 g/mol. The van der Waals surface area contributed by atoms with Crippen LogP contribution in [-0.2, 0) is 6.54 Å². The Labute approximate surface area is 117 Å². The first-order valence-electron chi connectivity index (χ1n) is 5.55. The van der Waals surface area contributed by atoms with Crippen molar-refractivity contribution in [2.45, 2.75) is 6.54 Å². The van der Waals surface area contributed by atoms with Crippen LogP contribution in [0.1, 0.15) is 16.1 Å². The number of carbonyl (C=O) groups excluding carboxylic acids is 1. The lowest BCUT2D eigenvalue weighted by Gasteiger charge is -2.15. The van der Waals surface area contributed by atoms with E-state index in [4.69, 9.17) is 0 Å². The van der Waals surface area contributed by atoms with Crippen LogP contribution in [0, 0.1) is 15.9 Å². The molecular formula is C12H10FN3O3S. The van der Waals surface area contributed by atoms with Crippen LogP contribution in [-0.4, -0.2) is 27.8 Å². The highest BCUT2D eigenvalue weighted by Crippen LogP contribution is 2.19. The molecule has 1 aromatic carbocycles. The maximum atomic E-state index is 13.5. The fourth-order valence-electron chi connectivity index (χ4n) is 1.64. The Morgan fingerprint density at radius 1 is 1.55 bits per heavy atom. The molecule has 0 atom stereocenters. The molecule has 2 aromatic rings. The number of amides is 1. The zero-order chi connectivity index (χ0) is 14.7. The predicted octanol–water partition coefficient (Wildman–Crippen LogP) is 2.46. The smallest absolute Gasteiger partial charge is 0.304 e. The predicted molar refractivity (Wildman–Crippen MR) is 71.0 cm³/mol. The minimum atomic E-state index is -1.03. The number of halogens is 1. The van der Waals surface area contributed by atoms with Gasteiger partial charge in [0.05, 0.1) is 22.7 Å². The van der Waals surface area contributed by atoms with Gasteiger partial charge in [0.2, 0.25) is 5.82 Å². The Morgan fingerprint density at radius 2 is 2.30 bits per heavy atom. The van der Waals surface area contributed by atoms with Gasteiger partial charge in [-0.25, -0.2) is 4.98 Å². The first-order chi connectivity index (χ1) is 9.49. The molecule has 0 spiro atoms. The Bertz CT molecular complexity index is 645. The van der Waals surface area contributed by atoms with E-state index in [0.29, 0.717) is 6.54 Å². The molecule has 0 fully saturated rings. The van der Waals surface area contributed by atoms with E-state index in [1.165, 1.54) is 22.3 Å². The molecule has 0 unspecified atom stereocenters. The molecule has 8 heteroatoms. The Morgan fingerprint density at radius 3 is 2.85 bits per heavy atom. The lowest BCUT2D eigenvalue weighted by atomic mass is 10.1. The quantitative estimate of drug-likeness (QED) is 0.641. The summed E-state index contributed by atoms with van der Waals surface area (Å²) >= 11 is 1.41. The number of hydrogen-bond donors (Lipinski definition) is 0. The molecule has 0 saturated heterocycles. The SMILES string of the molecule is CN(Cc1cscn1)C(=O)c1ccc([N+](=O)[O-])c(F)c1. The van der Waals surface area contributed by atoms with Crippen LogP contribution >= 0.6 is 11.3 Å². The molecule has 1 amide bonds. The number of benzene rings is 1. The molecule has 0 bridgehead atoms. The summed E-state index contributed by atoms with van der Waals surface area (Å²) in [7, 11) is 1.56. The molecule has 2 rings (SSSR count). The van der Waals surface area contributed by atoms with Gasteiger partial charge >= 0.3 is 5.69 Å². The fourth-order valence-corrected chi connectivity index (χ4v) is 2.19. The van der Waals surface area contributed by atoms with Gasteiger partial charge in [-0.05, 0) is 12.1 Å². The Hall–Kier alpha value is -2.35. The summed E-state index contributed by atoms with van der Waals surface area (Å²) in [5.41, 5.74) is 1.79. The summed E-state index contributed by atoms with van der Waals surface area (Å²) < 4.78 is 13.5. The monoisotopic (exact) mass is 295 g/mol. The van der Waals surface area contributed by atoms with E-state index in [1.54, 1.807) is 17.9 Å². The first kappa shape index (κ1) is 14.1. The number of nitro benzene ring substituents is 1. The summed E-state index contributed by atoms with van der Waals surface area (Å²) in [5.74, 6) is -1.45. The van der Waals surface area contributed by atoms with E-state index in [1.807, 2.05) is 0 Å². The summed E-state index contributed by atoms with van der Waals surface area (Å²) in [6.07, 6.45) is 0. The lowest BCUT2D eigenvalue weighted by molar-refractivity contribution is -0.387. The number of carbonyl (C=O) groups is 1. The molecule has 0 aliphatic heterocycles. The number of hydrogen-bond acceptors (Lipinski definition) is 5. The van der Waals surface area contributed by atoms with Crippen LogP contribution < -0.4 is 0 Å². The first-order valence-corrected chi connectivity index (χ1v) is 6.50. The number of aromatic nitrogens is 1. The molecule has 1 heterocycles. The van der Waals surface area contributed by atoms with Crippen LogP contribution in [0.15, 0.2) is 29.1 Å². The normalized spacial score (nSPS) is 10.3. The van der Waals surface area contributed by atoms with Crippen LogP contribution in [0.3, 0.4) is 0 Å². The zero-order valence-corrected chi connectivity index (χ0v) is 11.3. The largest absolute Gasteiger partial charge is 0.336 e. The van der Waals surface area contributed by atoms with Gasteiger partial charge in [0, 0.05) is 24.1 Å². The average Bonchev–Trinajstić information content (AvgIpc) is 2.90. The van der Waals surface area contributed by atoms with E-state index in [2.05, 4.69) is 4.98 Å². The van der Waals surface area contributed by atoms with Crippen LogP contribution in [0.5, 0.6) is 0 Å². The lowest BCUT2D eigenvalue weighted by Crippen LogP contribution is -2.26. The molecule has 20 heavy (non-hydrogen) atoms. The van der Waals surface area contributed by atoms with Gasteiger partial charge in [0.15, 0.2) is 0 Å². The average molecular weight is 295 g/mol. The topological polar surface area (TPSA) is 76.3 Å². The molecule has 0 radical (unpaired) electrons. The third-order valence-corrected chi connectivity index (χ3v) is 3.26. The minimum Gasteiger partial charge on any atom is -0.336 e. The van der Waals surface area contributed by atoms with Gasteiger partial charge < -0.3 is 4.90 Å². The summed E-state index contributed by atoms with van der Waals surface area (Å²) in [6, 6.07) is 3.10. The third-order valence-electron chi connectivity index (χ3n) is 2.62. The van der Waals surface area contributed by atoms with Gasteiger partial charge in [-0.15, -0.1) is 11.3 Å². The van der Waals surface area contributed by atoms with Gasteiger partial charge in [-0.3, -0.25) is 14.9 Å². The van der Waals surface area contributed by atoms with Crippen molar-refractivity contribution in [2.24, 2.45) is 0 Å². The van der Waals surface area contributed by atoms with Gasteiger partial charge in [0.25, 0.3) is 5.91 Å². The second-order valence-electron chi connectivity index (χ2n) is 4.06. The van der Waals surface area contributed by atoms with Crippen molar-refractivity contribution in [2.75, 3.05) is 7.05 Å². The van der Waals surface area contributed by atoms with E-state index < -0.39 is 22.3 Å². The summed E-state index contributed by atoms with van der Waals surface area (Å²) in [4.78, 5) is 27.2. The molecule has 0 aliphatic rings. The highest BCUT2D eigenvalue weighted by Gasteiger charge is 2.19. The van der Waals surface area contributed by atoms with Crippen LogP contribution in [0.2, 0.25) is 0 Å². The van der Waals surface area contributed by atoms with Crippen molar-refractivity contribution in [3.05, 3.63) is 56.3 Å². The molecule has 104 valence electrons. The number of thiazole rings is 1. The van der Waals surface area contributed by atoms with Crippen molar-refractivity contribution in [1.82, 2.24) is 9.88 Å². The number of nitrogens with zero attached hydrogens (tertiary/aromatic N) is 3. The van der Waals surface area contributed by atoms with E-state index in [9.17, 15) is 19.3 Å².